The minimum atomic E-state index is -0.874. The number of fused-ring (bicyclic) bond motifs is 3. The SMILES string of the molecule is CC[C@@H](C)C(=O)N[C@H](C(=O)N1C[C@@H](NC(=O)c2ccc3cc(C(=O)N[C@H]4C[C@@H](C(=O)N[C@@H]5CCCc6ccccc65)N(C(=O)[C@@H](CC(=O)[C@H](C)NC)C5CCCCC5)C4)ccc3c2)C[C@H]1C(=O)N[C@@H]1CCCc2ccccc21)C1CCCCC1. The van der Waals surface area contributed by atoms with Crippen molar-refractivity contribution in [2.24, 2.45) is 23.7 Å². The summed E-state index contributed by atoms with van der Waals surface area (Å²) in [6.45, 7) is 5.84. The van der Waals surface area contributed by atoms with Gasteiger partial charge >= 0.3 is 0 Å². The van der Waals surface area contributed by atoms with Crippen molar-refractivity contribution in [1.29, 1.82) is 0 Å². The minimum Gasteiger partial charge on any atom is -0.347 e. The van der Waals surface area contributed by atoms with Gasteiger partial charge in [-0.2, -0.15) is 0 Å². The van der Waals surface area contributed by atoms with Gasteiger partial charge in [0.25, 0.3) is 11.8 Å². The maximum Gasteiger partial charge on any atom is 0.251 e. The summed E-state index contributed by atoms with van der Waals surface area (Å²) in [7, 11) is 1.74. The highest BCUT2D eigenvalue weighted by Gasteiger charge is 2.47. The second kappa shape index (κ2) is 27.4. The number of hydrogen-bond donors (Lipinski definition) is 6. The Balaban J connectivity index is 0.842. The van der Waals surface area contributed by atoms with E-state index in [2.05, 4.69) is 56.2 Å². The van der Waals surface area contributed by atoms with Gasteiger partial charge in [-0.1, -0.05) is 113 Å². The molecular weight excluding hydrogens is 1060 g/mol. The Hall–Kier alpha value is -6.94. The van der Waals surface area contributed by atoms with Gasteiger partial charge < -0.3 is 41.7 Å². The van der Waals surface area contributed by atoms with Crippen molar-refractivity contribution in [1.82, 2.24) is 41.7 Å². The van der Waals surface area contributed by atoms with Gasteiger partial charge in [0.05, 0.1) is 18.1 Å². The number of benzene rings is 4. The van der Waals surface area contributed by atoms with Crippen molar-refractivity contribution in [3.05, 3.63) is 118 Å². The topological polar surface area (TPSA) is 215 Å². The molecule has 16 heteroatoms. The standard InChI is InChI=1S/C68H88N8O8/c1-5-41(2)62(78)74-61(46-22-10-7-11-23-46)68(84)76-40-52(37-59(76)66(82)73-57-29-17-25-44-21-13-15-27-54(44)57)71-64(80)50-33-31-47-34-49(32-30-48(47)35-50)63(79)70-51-36-58(65(81)72-56-28-16-24-43-20-12-14-26-53(43)56)75(39-51)67(83)55(38-60(77)42(3)69-4)45-18-8-6-9-19-45/h12-15,20-21,26-27,30-35,41-42,45-46,51-52,55-59,61,69H,5-11,16-19,22-25,28-29,36-40H2,1-4H3,(H,70,79)(H,71,80)(H,72,81)(H,73,82)(H,74,78)/t41-,42+,51+,52+,55+,56-,57-,58+,59+,61+/m1/s1. The highest BCUT2D eigenvalue weighted by Crippen LogP contribution is 2.38. The van der Waals surface area contributed by atoms with Gasteiger partial charge in [-0.25, -0.2) is 0 Å². The molecule has 6 aliphatic rings. The van der Waals surface area contributed by atoms with Gasteiger partial charge in [0, 0.05) is 54.6 Å². The zero-order chi connectivity index (χ0) is 59.0. The molecule has 16 nitrogen and oxygen atoms in total. The van der Waals surface area contributed by atoms with Crippen molar-refractivity contribution in [2.45, 2.75) is 198 Å². The van der Waals surface area contributed by atoms with Gasteiger partial charge in [-0.15, -0.1) is 0 Å². The minimum absolute atomic E-state index is 0.0189. The number of likely N-dealkylation sites (N-methyl/N-ethyl adjacent to an activating group) is 1. The van der Waals surface area contributed by atoms with E-state index < -0.39 is 42.2 Å². The van der Waals surface area contributed by atoms with Crippen LogP contribution in [0.5, 0.6) is 0 Å². The Bertz CT molecular complexity index is 2880. The third-order valence-corrected chi connectivity index (χ3v) is 19.8. The third kappa shape index (κ3) is 13.7. The number of ketones is 1. The van der Waals surface area contributed by atoms with Crippen molar-refractivity contribution in [3.63, 3.8) is 0 Å². The fraction of sp³-hybridized carbons (Fsp3) is 0.559. The fourth-order valence-electron chi connectivity index (χ4n) is 14.5. The summed E-state index contributed by atoms with van der Waals surface area (Å²) in [5.41, 5.74) is 5.31. The van der Waals surface area contributed by atoms with Gasteiger partial charge in [0.1, 0.15) is 23.9 Å². The number of carbonyl (C=O) groups is 8. The smallest absolute Gasteiger partial charge is 0.251 e. The number of aryl methyl sites for hydroxylation is 2. The number of nitrogens with zero attached hydrogens (tertiary/aromatic N) is 2. The molecule has 10 rings (SSSR count). The van der Waals surface area contributed by atoms with E-state index in [0.717, 1.165) is 125 Å². The monoisotopic (exact) mass is 1140 g/mol. The van der Waals surface area contributed by atoms with E-state index in [1.54, 1.807) is 53.2 Å². The van der Waals surface area contributed by atoms with Crippen LogP contribution in [0.3, 0.4) is 0 Å². The van der Waals surface area contributed by atoms with Crippen molar-refractivity contribution < 1.29 is 38.4 Å². The lowest BCUT2D eigenvalue weighted by atomic mass is 9.76. The molecule has 2 aliphatic heterocycles. The number of carbonyl (C=O) groups excluding carboxylic acids is 8. The summed E-state index contributed by atoms with van der Waals surface area (Å²) in [5, 5.41) is 20.5. The van der Waals surface area contributed by atoms with Crippen LogP contribution < -0.4 is 31.9 Å². The number of Topliss-reactive ketones (excluding diaryl/α,β-unsaturated/α-hetero) is 1. The predicted molar refractivity (Wildman–Crippen MR) is 323 cm³/mol. The Morgan fingerprint density at radius 3 is 1.51 bits per heavy atom. The van der Waals surface area contributed by atoms with Crippen LogP contribution in [0.4, 0.5) is 0 Å². The number of amides is 7. The molecule has 2 heterocycles. The first-order valence-electron chi connectivity index (χ1n) is 31.7. The van der Waals surface area contributed by atoms with Crippen LogP contribution in [0.2, 0.25) is 0 Å². The van der Waals surface area contributed by atoms with Crippen LogP contribution in [0.25, 0.3) is 10.8 Å². The summed E-state index contributed by atoms with van der Waals surface area (Å²) in [5.74, 6) is -2.90. The summed E-state index contributed by atoms with van der Waals surface area (Å²) >= 11 is 0. The van der Waals surface area contributed by atoms with Crippen LogP contribution >= 0.6 is 0 Å². The molecule has 0 aromatic heterocycles. The fourth-order valence-corrected chi connectivity index (χ4v) is 14.5. The van der Waals surface area contributed by atoms with E-state index in [9.17, 15) is 33.6 Å². The zero-order valence-electron chi connectivity index (χ0n) is 49.7. The summed E-state index contributed by atoms with van der Waals surface area (Å²) in [6.07, 6.45) is 15.7. The molecule has 448 valence electrons. The largest absolute Gasteiger partial charge is 0.347 e. The first-order chi connectivity index (χ1) is 40.7. The maximum absolute atomic E-state index is 15.0. The van der Waals surface area contributed by atoms with E-state index in [4.69, 9.17) is 0 Å². The molecule has 4 aliphatic carbocycles. The molecule has 7 amide bonds. The van der Waals surface area contributed by atoms with Crippen LogP contribution in [0.15, 0.2) is 84.9 Å². The maximum atomic E-state index is 15.0. The van der Waals surface area contributed by atoms with E-state index in [-0.39, 0.29) is 109 Å². The average molecular weight is 1150 g/mol. The number of hydrogen-bond acceptors (Lipinski definition) is 9. The average Bonchev–Trinajstić information content (AvgIpc) is 4.34. The van der Waals surface area contributed by atoms with Gasteiger partial charge in [-0.05, 0) is 167 Å². The van der Waals surface area contributed by atoms with Gasteiger partial charge in [0.15, 0.2) is 0 Å². The lowest BCUT2D eigenvalue weighted by Crippen LogP contribution is -2.57. The van der Waals surface area contributed by atoms with Gasteiger partial charge in [0.2, 0.25) is 29.5 Å². The van der Waals surface area contributed by atoms with Gasteiger partial charge in [-0.3, -0.25) is 38.4 Å². The number of rotatable bonds is 19. The molecule has 0 radical (unpaired) electrons. The highest BCUT2D eigenvalue weighted by atomic mass is 16.2. The molecule has 10 atom stereocenters. The first kappa shape index (κ1) is 60.2. The Kier molecular flexibility index (Phi) is 19.6. The molecule has 4 aromatic carbocycles. The molecule has 4 fully saturated rings. The van der Waals surface area contributed by atoms with E-state index in [1.807, 2.05) is 45.0 Å². The van der Waals surface area contributed by atoms with Crippen LogP contribution in [0, 0.1) is 23.7 Å². The molecule has 6 N–H and O–H groups in total. The lowest BCUT2D eigenvalue weighted by Gasteiger charge is -2.35. The second-order valence-electron chi connectivity index (χ2n) is 25.3. The molecule has 0 bridgehead atoms. The molecular formula is C68H88N8O8. The number of likely N-dealkylation sites (tertiary alicyclic amines) is 2. The Morgan fingerprint density at radius 2 is 1.02 bits per heavy atom. The van der Waals surface area contributed by atoms with Crippen molar-refractivity contribution in [3.8, 4) is 0 Å². The second-order valence-corrected chi connectivity index (χ2v) is 25.3. The summed E-state index contributed by atoms with van der Waals surface area (Å²) in [6, 6.07) is 22.4. The molecule has 84 heavy (non-hydrogen) atoms. The van der Waals surface area contributed by atoms with Crippen LogP contribution in [-0.4, -0.2) is 113 Å². The molecule has 2 saturated heterocycles. The van der Waals surface area contributed by atoms with Crippen LogP contribution in [-0.2, 0) is 41.6 Å². The lowest BCUT2D eigenvalue weighted by molar-refractivity contribution is -0.145. The summed E-state index contributed by atoms with van der Waals surface area (Å²) in [4.78, 5) is 118. The van der Waals surface area contributed by atoms with Crippen molar-refractivity contribution >= 4 is 57.9 Å². The van der Waals surface area contributed by atoms with E-state index >= 15 is 4.79 Å². The molecule has 0 spiro atoms. The summed E-state index contributed by atoms with van der Waals surface area (Å²) < 4.78 is 0. The number of nitrogens with one attached hydrogen (secondary N) is 6. The van der Waals surface area contributed by atoms with Crippen LogP contribution in [0.1, 0.15) is 191 Å². The highest BCUT2D eigenvalue weighted by molar-refractivity contribution is 6.03. The predicted octanol–water partition coefficient (Wildman–Crippen LogP) is 8.50. The first-order valence-corrected chi connectivity index (χ1v) is 31.7. The van der Waals surface area contributed by atoms with E-state index in [1.165, 1.54) is 11.1 Å². The molecule has 2 saturated carbocycles. The Morgan fingerprint density at radius 1 is 0.548 bits per heavy atom. The normalized spacial score (nSPS) is 24.1. The molecule has 4 aromatic rings. The van der Waals surface area contributed by atoms with Crippen molar-refractivity contribution in [2.75, 3.05) is 20.1 Å². The zero-order valence-corrected chi connectivity index (χ0v) is 49.7. The third-order valence-electron chi connectivity index (χ3n) is 19.8. The Labute approximate surface area is 495 Å². The quantitative estimate of drug-likeness (QED) is 0.0530. The van der Waals surface area contributed by atoms with E-state index in [0.29, 0.717) is 17.5 Å². The molecule has 0 unspecified atom stereocenters.